The number of carbonyl (C=O) groups excluding carboxylic acids is 2. The van der Waals surface area contributed by atoms with Crippen molar-refractivity contribution in [1.29, 1.82) is 0 Å². The van der Waals surface area contributed by atoms with Crippen LogP contribution < -0.4 is 5.32 Å². The van der Waals surface area contributed by atoms with Gasteiger partial charge >= 0.3 is 0 Å². The zero-order chi connectivity index (χ0) is 22.1. The van der Waals surface area contributed by atoms with Crippen LogP contribution in [-0.4, -0.2) is 52.5 Å². The summed E-state index contributed by atoms with van der Waals surface area (Å²) < 4.78 is 7.09. The number of hydrogen-bond donors (Lipinski definition) is 1. The minimum Gasteiger partial charge on any atom is -0.385 e. The van der Waals surface area contributed by atoms with E-state index in [4.69, 9.17) is 16.3 Å². The number of methoxy groups -OCH3 is 1. The fraction of sp³-hybridized carbons (Fsp3) is 0.273. The molecule has 1 heterocycles. The van der Waals surface area contributed by atoms with Crippen molar-refractivity contribution in [3.8, 4) is 11.4 Å². The Kier molecular flexibility index (Phi) is 8.63. The maximum absolute atomic E-state index is 12.3. The molecule has 0 spiro atoms. The van der Waals surface area contributed by atoms with Crippen LogP contribution in [0.4, 0.5) is 0 Å². The molecule has 1 amide bonds. The summed E-state index contributed by atoms with van der Waals surface area (Å²) in [4.78, 5) is 24.4. The number of ketones is 1. The highest BCUT2D eigenvalue weighted by Crippen LogP contribution is 2.29. The van der Waals surface area contributed by atoms with E-state index in [1.54, 1.807) is 37.4 Å². The molecule has 2 aromatic carbocycles. The minimum absolute atomic E-state index is 0.0468. The first kappa shape index (κ1) is 23.0. The lowest BCUT2D eigenvalue weighted by atomic mass is 10.1. The second-order valence-corrected chi connectivity index (χ2v) is 7.99. The predicted molar refractivity (Wildman–Crippen MR) is 121 cm³/mol. The Labute approximate surface area is 190 Å². The van der Waals surface area contributed by atoms with Gasteiger partial charge in [-0.2, -0.15) is 0 Å². The van der Waals surface area contributed by atoms with Crippen LogP contribution in [0.15, 0.2) is 59.8 Å². The molecule has 3 rings (SSSR count). The lowest BCUT2D eigenvalue weighted by Crippen LogP contribution is -2.31. The average Bonchev–Trinajstić information content (AvgIpc) is 3.19. The van der Waals surface area contributed by atoms with Gasteiger partial charge in [0.15, 0.2) is 16.8 Å². The van der Waals surface area contributed by atoms with Crippen LogP contribution in [0, 0.1) is 0 Å². The van der Waals surface area contributed by atoms with Crippen LogP contribution in [0.25, 0.3) is 11.4 Å². The molecule has 0 saturated heterocycles. The third-order valence-corrected chi connectivity index (χ3v) is 5.73. The largest absolute Gasteiger partial charge is 0.385 e. The maximum atomic E-state index is 12.3. The summed E-state index contributed by atoms with van der Waals surface area (Å²) in [5.74, 6) is 0.374. The van der Waals surface area contributed by atoms with Gasteiger partial charge in [0.25, 0.3) is 0 Å². The van der Waals surface area contributed by atoms with Crippen LogP contribution in [0.3, 0.4) is 0 Å². The topological polar surface area (TPSA) is 86.1 Å². The van der Waals surface area contributed by atoms with Crippen LogP contribution >= 0.6 is 23.4 Å². The smallest absolute Gasteiger partial charge is 0.230 e. The molecular weight excluding hydrogens is 436 g/mol. The van der Waals surface area contributed by atoms with E-state index in [-0.39, 0.29) is 24.0 Å². The molecule has 162 valence electrons. The van der Waals surface area contributed by atoms with Crippen LogP contribution in [0.2, 0.25) is 5.02 Å². The van der Waals surface area contributed by atoms with Crippen molar-refractivity contribution >= 4 is 35.1 Å². The molecule has 0 bridgehead atoms. The van der Waals surface area contributed by atoms with Gasteiger partial charge in [-0.3, -0.25) is 9.59 Å². The second kappa shape index (κ2) is 11.6. The van der Waals surface area contributed by atoms with Gasteiger partial charge in [0.1, 0.15) is 0 Å². The summed E-state index contributed by atoms with van der Waals surface area (Å²) >= 11 is 7.61. The first-order valence-corrected chi connectivity index (χ1v) is 11.1. The fourth-order valence-electron chi connectivity index (χ4n) is 2.89. The van der Waals surface area contributed by atoms with E-state index in [9.17, 15) is 9.59 Å². The Balaban J connectivity index is 1.64. The SMILES string of the molecule is COCCCn1c(SCC(=O)NCC(=O)c2ccccc2)nnc1-c1ccccc1Cl. The molecule has 7 nitrogen and oxygen atoms in total. The van der Waals surface area contributed by atoms with Gasteiger partial charge < -0.3 is 14.6 Å². The number of amides is 1. The summed E-state index contributed by atoms with van der Waals surface area (Å²) in [6, 6.07) is 16.3. The number of benzene rings is 2. The number of nitrogens with zero attached hydrogens (tertiary/aromatic N) is 3. The lowest BCUT2D eigenvalue weighted by molar-refractivity contribution is -0.118. The second-order valence-electron chi connectivity index (χ2n) is 6.64. The van der Waals surface area contributed by atoms with Gasteiger partial charge in [-0.15, -0.1) is 10.2 Å². The number of aromatic nitrogens is 3. The van der Waals surface area contributed by atoms with Crippen molar-refractivity contribution in [3.63, 3.8) is 0 Å². The molecule has 1 aromatic heterocycles. The maximum Gasteiger partial charge on any atom is 0.230 e. The Bertz CT molecular complexity index is 1030. The van der Waals surface area contributed by atoms with Crippen LogP contribution in [0.5, 0.6) is 0 Å². The quantitative estimate of drug-likeness (QED) is 0.268. The number of thioether (sulfide) groups is 1. The number of carbonyl (C=O) groups is 2. The van der Waals surface area contributed by atoms with Crippen molar-refractivity contribution in [2.75, 3.05) is 26.0 Å². The number of ether oxygens (including phenoxy) is 1. The summed E-state index contributed by atoms with van der Waals surface area (Å²) in [5, 5.41) is 12.4. The Morgan fingerprint density at radius 2 is 1.84 bits per heavy atom. The summed E-state index contributed by atoms with van der Waals surface area (Å²) in [6.45, 7) is 1.17. The number of hydrogen-bond acceptors (Lipinski definition) is 6. The molecule has 31 heavy (non-hydrogen) atoms. The van der Waals surface area contributed by atoms with Crippen LogP contribution in [0.1, 0.15) is 16.8 Å². The zero-order valence-corrected chi connectivity index (χ0v) is 18.7. The highest BCUT2D eigenvalue weighted by molar-refractivity contribution is 7.99. The summed E-state index contributed by atoms with van der Waals surface area (Å²) in [5.41, 5.74) is 1.34. The van der Waals surface area contributed by atoms with E-state index in [0.29, 0.717) is 34.7 Å². The summed E-state index contributed by atoms with van der Waals surface area (Å²) in [6.07, 6.45) is 0.761. The van der Waals surface area contributed by atoms with E-state index in [2.05, 4.69) is 15.5 Å². The molecule has 0 radical (unpaired) electrons. The molecule has 0 fully saturated rings. The van der Waals surface area contributed by atoms with Crippen LogP contribution in [-0.2, 0) is 16.1 Å². The highest BCUT2D eigenvalue weighted by atomic mass is 35.5. The first-order valence-electron chi connectivity index (χ1n) is 9.75. The average molecular weight is 459 g/mol. The predicted octanol–water partition coefficient (Wildman–Crippen LogP) is 3.73. The molecule has 0 unspecified atom stereocenters. The fourth-order valence-corrected chi connectivity index (χ4v) is 3.91. The number of nitrogens with one attached hydrogen (secondary N) is 1. The van der Waals surface area contributed by atoms with E-state index >= 15 is 0 Å². The molecule has 0 atom stereocenters. The van der Waals surface area contributed by atoms with Crippen molar-refractivity contribution in [1.82, 2.24) is 20.1 Å². The minimum atomic E-state index is -0.250. The molecule has 9 heteroatoms. The van der Waals surface area contributed by atoms with Gasteiger partial charge in [-0.25, -0.2) is 0 Å². The third kappa shape index (κ3) is 6.40. The van der Waals surface area contributed by atoms with Gasteiger partial charge in [-0.05, 0) is 18.6 Å². The normalized spacial score (nSPS) is 10.8. The van der Waals surface area contributed by atoms with Crippen molar-refractivity contribution in [3.05, 3.63) is 65.2 Å². The van der Waals surface area contributed by atoms with Gasteiger partial charge in [0, 0.05) is 31.4 Å². The molecule has 0 aliphatic carbocycles. The van der Waals surface area contributed by atoms with E-state index < -0.39 is 0 Å². The standard InChI is InChI=1S/C22H23ClN4O3S/c1-30-13-7-12-27-21(17-10-5-6-11-18(17)23)25-26-22(27)31-15-20(29)24-14-19(28)16-8-3-2-4-9-16/h2-6,8-11H,7,12-15H2,1H3,(H,24,29). The van der Waals surface area contributed by atoms with Gasteiger partial charge in [0.05, 0.1) is 17.3 Å². The number of halogens is 1. The molecule has 1 N–H and O–H groups in total. The molecule has 0 aliphatic rings. The van der Waals surface area contributed by atoms with Gasteiger partial charge in [0.2, 0.25) is 5.91 Å². The highest BCUT2D eigenvalue weighted by Gasteiger charge is 2.17. The zero-order valence-electron chi connectivity index (χ0n) is 17.1. The Hall–Kier alpha value is -2.68. The number of rotatable bonds is 11. The van der Waals surface area contributed by atoms with Gasteiger partial charge in [-0.1, -0.05) is 65.8 Å². The third-order valence-electron chi connectivity index (χ3n) is 4.44. The van der Waals surface area contributed by atoms with Crippen molar-refractivity contribution < 1.29 is 14.3 Å². The molecule has 0 aliphatic heterocycles. The molecular formula is C22H23ClN4O3S. The van der Waals surface area contributed by atoms with Crippen molar-refractivity contribution in [2.24, 2.45) is 0 Å². The number of Topliss-reactive ketones (excluding diaryl/α,β-unsaturated/α-hetero) is 1. The van der Waals surface area contributed by atoms with E-state index in [0.717, 1.165) is 12.0 Å². The first-order chi connectivity index (χ1) is 15.1. The van der Waals surface area contributed by atoms with E-state index in [1.807, 2.05) is 28.8 Å². The molecule has 3 aromatic rings. The monoisotopic (exact) mass is 458 g/mol. The Morgan fingerprint density at radius 3 is 2.58 bits per heavy atom. The lowest BCUT2D eigenvalue weighted by Gasteiger charge is -2.11. The summed E-state index contributed by atoms with van der Waals surface area (Å²) in [7, 11) is 1.65. The van der Waals surface area contributed by atoms with E-state index in [1.165, 1.54) is 11.8 Å². The molecule has 0 saturated carbocycles. The van der Waals surface area contributed by atoms with Crippen molar-refractivity contribution in [2.45, 2.75) is 18.1 Å². The Morgan fingerprint density at radius 1 is 1.10 bits per heavy atom.